The lowest BCUT2D eigenvalue weighted by Crippen LogP contribution is -2.34. The molecule has 7 heteroatoms. The standard InChI is InChI=1S/C18H21ClFN3O2/c1-11-6-8-13(19)16(21-11)22-14-9-7-12(20)10-15(14)23(5)17(24)25-18(2,3)4/h6-10H,1-5H3,(H,21,22). The van der Waals surface area contributed by atoms with Crippen molar-refractivity contribution in [2.45, 2.75) is 33.3 Å². The number of anilines is 3. The van der Waals surface area contributed by atoms with Gasteiger partial charge in [0, 0.05) is 12.7 Å². The zero-order chi connectivity index (χ0) is 18.8. The molecule has 0 bridgehead atoms. The maximum absolute atomic E-state index is 13.7. The van der Waals surface area contributed by atoms with Crippen LogP contribution in [0.2, 0.25) is 5.02 Å². The Morgan fingerprint density at radius 2 is 1.96 bits per heavy atom. The summed E-state index contributed by atoms with van der Waals surface area (Å²) >= 11 is 6.15. The van der Waals surface area contributed by atoms with Gasteiger partial charge in [-0.2, -0.15) is 0 Å². The number of nitrogens with zero attached hydrogens (tertiary/aromatic N) is 2. The first-order valence-electron chi connectivity index (χ1n) is 7.73. The average Bonchev–Trinajstić information content (AvgIpc) is 2.50. The fourth-order valence-corrected chi connectivity index (χ4v) is 2.22. The monoisotopic (exact) mass is 365 g/mol. The van der Waals surface area contributed by atoms with Gasteiger partial charge in [0.05, 0.1) is 16.4 Å². The number of rotatable bonds is 3. The third kappa shape index (κ3) is 5.06. The smallest absolute Gasteiger partial charge is 0.414 e. The summed E-state index contributed by atoms with van der Waals surface area (Å²) in [5.41, 5.74) is 0.910. The minimum atomic E-state index is -0.659. The normalized spacial score (nSPS) is 11.2. The van der Waals surface area contributed by atoms with Gasteiger partial charge in [-0.25, -0.2) is 14.2 Å². The number of carbonyl (C=O) groups is 1. The highest BCUT2D eigenvalue weighted by Gasteiger charge is 2.23. The molecule has 0 fully saturated rings. The van der Waals surface area contributed by atoms with Gasteiger partial charge < -0.3 is 10.1 Å². The summed E-state index contributed by atoms with van der Waals surface area (Å²) in [6.45, 7) is 7.12. The summed E-state index contributed by atoms with van der Waals surface area (Å²) in [7, 11) is 1.51. The molecule has 0 aliphatic carbocycles. The number of amides is 1. The van der Waals surface area contributed by atoms with Gasteiger partial charge in [-0.3, -0.25) is 4.90 Å². The van der Waals surface area contributed by atoms with Crippen LogP contribution in [-0.4, -0.2) is 23.7 Å². The number of carbonyl (C=O) groups excluding carboxylic acids is 1. The van der Waals surface area contributed by atoms with Crippen molar-refractivity contribution in [2.24, 2.45) is 0 Å². The van der Waals surface area contributed by atoms with E-state index in [1.807, 2.05) is 6.92 Å². The zero-order valence-electron chi connectivity index (χ0n) is 14.9. The highest BCUT2D eigenvalue weighted by molar-refractivity contribution is 6.33. The molecular formula is C18H21ClFN3O2. The molecule has 0 saturated heterocycles. The van der Waals surface area contributed by atoms with Crippen molar-refractivity contribution in [3.8, 4) is 0 Å². The number of aryl methyl sites for hydroxylation is 1. The Bertz CT molecular complexity index is 790. The van der Waals surface area contributed by atoms with Crippen molar-refractivity contribution in [1.29, 1.82) is 0 Å². The zero-order valence-corrected chi connectivity index (χ0v) is 15.6. The largest absolute Gasteiger partial charge is 0.443 e. The predicted molar refractivity (Wildman–Crippen MR) is 98.3 cm³/mol. The minimum absolute atomic E-state index is 0.314. The molecule has 0 saturated carbocycles. The Kier molecular flexibility index (Phi) is 5.52. The Morgan fingerprint density at radius 1 is 1.28 bits per heavy atom. The Morgan fingerprint density at radius 3 is 2.60 bits per heavy atom. The second kappa shape index (κ2) is 7.27. The van der Waals surface area contributed by atoms with Gasteiger partial charge in [-0.1, -0.05) is 11.6 Å². The van der Waals surface area contributed by atoms with Crippen molar-refractivity contribution in [3.63, 3.8) is 0 Å². The summed E-state index contributed by atoms with van der Waals surface area (Å²) in [5, 5.41) is 3.47. The van der Waals surface area contributed by atoms with E-state index in [2.05, 4.69) is 10.3 Å². The van der Waals surface area contributed by atoms with Crippen LogP contribution in [-0.2, 0) is 4.74 Å². The van der Waals surface area contributed by atoms with Crippen LogP contribution >= 0.6 is 11.6 Å². The molecule has 1 aromatic heterocycles. The number of benzene rings is 1. The van der Waals surface area contributed by atoms with Crippen LogP contribution in [0.1, 0.15) is 26.5 Å². The molecule has 1 N–H and O–H groups in total. The molecule has 2 rings (SSSR count). The van der Waals surface area contributed by atoms with Gasteiger partial charge in [0.25, 0.3) is 0 Å². The van der Waals surface area contributed by atoms with Crippen LogP contribution < -0.4 is 10.2 Å². The molecule has 0 aliphatic rings. The van der Waals surface area contributed by atoms with E-state index in [0.29, 0.717) is 22.2 Å². The molecule has 0 spiro atoms. The van der Waals surface area contributed by atoms with Crippen LogP contribution in [0.4, 0.5) is 26.4 Å². The first-order chi connectivity index (χ1) is 11.6. The first-order valence-corrected chi connectivity index (χ1v) is 8.11. The molecule has 1 heterocycles. The van der Waals surface area contributed by atoms with Crippen molar-refractivity contribution in [2.75, 3.05) is 17.3 Å². The van der Waals surface area contributed by atoms with E-state index in [1.165, 1.54) is 30.1 Å². The molecule has 0 atom stereocenters. The van der Waals surface area contributed by atoms with Gasteiger partial charge in [-0.05, 0) is 58.0 Å². The molecular weight excluding hydrogens is 345 g/mol. The summed E-state index contributed by atoms with van der Waals surface area (Å²) in [5.74, 6) is -0.0497. The van der Waals surface area contributed by atoms with E-state index >= 15 is 0 Å². The van der Waals surface area contributed by atoms with E-state index in [9.17, 15) is 9.18 Å². The molecule has 0 aliphatic heterocycles. The molecule has 134 valence electrons. The van der Waals surface area contributed by atoms with Crippen LogP contribution in [0.15, 0.2) is 30.3 Å². The van der Waals surface area contributed by atoms with Crippen molar-refractivity contribution in [1.82, 2.24) is 4.98 Å². The molecule has 0 radical (unpaired) electrons. The minimum Gasteiger partial charge on any atom is -0.443 e. The molecule has 1 amide bonds. The van der Waals surface area contributed by atoms with Crippen molar-refractivity contribution < 1.29 is 13.9 Å². The number of halogens is 2. The van der Waals surface area contributed by atoms with Crippen molar-refractivity contribution in [3.05, 3.63) is 46.9 Å². The van der Waals surface area contributed by atoms with Crippen molar-refractivity contribution >= 4 is 34.9 Å². The fraction of sp³-hybridized carbons (Fsp3) is 0.333. The number of hydrogen-bond donors (Lipinski definition) is 1. The third-order valence-corrected chi connectivity index (χ3v) is 3.53. The lowest BCUT2D eigenvalue weighted by molar-refractivity contribution is 0.0589. The molecule has 5 nitrogen and oxygen atoms in total. The number of aromatic nitrogens is 1. The number of ether oxygens (including phenoxy) is 1. The summed E-state index contributed by atoms with van der Waals surface area (Å²) < 4.78 is 19.1. The van der Waals surface area contributed by atoms with E-state index in [0.717, 1.165) is 5.69 Å². The predicted octanol–water partition coefficient (Wildman–Crippen LogP) is 5.30. The Balaban J connectivity index is 2.37. The van der Waals surface area contributed by atoms with Crippen LogP contribution in [0.3, 0.4) is 0 Å². The third-order valence-electron chi connectivity index (χ3n) is 3.23. The molecule has 1 aromatic carbocycles. The van der Waals surface area contributed by atoms with Gasteiger partial charge in [0.1, 0.15) is 17.2 Å². The van der Waals surface area contributed by atoms with Gasteiger partial charge >= 0.3 is 6.09 Å². The molecule has 0 unspecified atom stereocenters. The SMILES string of the molecule is Cc1ccc(Cl)c(Nc2ccc(F)cc2N(C)C(=O)OC(C)(C)C)n1. The second-order valence-electron chi connectivity index (χ2n) is 6.61. The highest BCUT2D eigenvalue weighted by atomic mass is 35.5. The van der Waals surface area contributed by atoms with Crippen LogP contribution in [0.5, 0.6) is 0 Å². The molecule has 2 aromatic rings. The number of hydrogen-bond acceptors (Lipinski definition) is 4. The summed E-state index contributed by atoms with van der Waals surface area (Å²) in [6.07, 6.45) is -0.593. The van der Waals surface area contributed by atoms with Crippen LogP contribution in [0.25, 0.3) is 0 Å². The van der Waals surface area contributed by atoms with E-state index in [-0.39, 0.29) is 0 Å². The second-order valence-corrected chi connectivity index (χ2v) is 7.02. The number of nitrogens with one attached hydrogen (secondary N) is 1. The fourth-order valence-electron chi connectivity index (χ4n) is 2.07. The summed E-state index contributed by atoms with van der Waals surface area (Å²) in [6, 6.07) is 7.55. The Hall–Kier alpha value is -2.34. The molecule has 25 heavy (non-hydrogen) atoms. The average molecular weight is 366 g/mol. The lowest BCUT2D eigenvalue weighted by atomic mass is 10.2. The summed E-state index contributed by atoms with van der Waals surface area (Å²) in [4.78, 5) is 17.9. The van der Waals surface area contributed by atoms with E-state index in [4.69, 9.17) is 16.3 Å². The lowest BCUT2D eigenvalue weighted by Gasteiger charge is -2.26. The van der Waals surface area contributed by atoms with Gasteiger partial charge in [0.15, 0.2) is 0 Å². The topological polar surface area (TPSA) is 54.5 Å². The van der Waals surface area contributed by atoms with E-state index < -0.39 is 17.5 Å². The van der Waals surface area contributed by atoms with E-state index in [1.54, 1.807) is 32.9 Å². The van der Waals surface area contributed by atoms with Crippen LogP contribution in [0, 0.1) is 12.7 Å². The van der Waals surface area contributed by atoms with Gasteiger partial charge in [0.2, 0.25) is 0 Å². The van der Waals surface area contributed by atoms with Gasteiger partial charge in [-0.15, -0.1) is 0 Å². The number of pyridine rings is 1. The quantitative estimate of drug-likeness (QED) is 0.802. The maximum atomic E-state index is 13.7. The Labute approximate surface area is 151 Å². The first kappa shape index (κ1) is 19.0. The maximum Gasteiger partial charge on any atom is 0.414 e. The highest BCUT2D eigenvalue weighted by Crippen LogP contribution is 2.32.